The molecule has 6 heteroatoms. The molecule has 0 aliphatic carbocycles. The van der Waals surface area contributed by atoms with Crippen molar-refractivity contribution < 1.29 is 19.4 Å². The van der Waals surface area contributed by atoms with Gasteiger partial charge in [-0.1, -0.05) is 24.3 Å². The van der Waals surface area contributed by atoms with Crippen molar-refractivity contribution in [3.63, 3.8) is 0 Å². The third-order valence-electron chi connectivity index (χ3n) is 4.37. The Hall–Kier alpha value is -3.15. The lowest BCUT2D eigenvalue weighted by atomic mass is 10.0. The van der Waals surface area contributed by atoms with Crippen molar-refractivity contribution in [2.75, 3.05) is 6.61 Å². The van der Waals surface area contributed by atoms with E-state index < -0.39 is 5.97 Å². The maximum Gasteiger partial charge on any atom is 0.307 e. The lowest BCUT2D eigenvalue weighted by Gasteiger charge is -2.06. The van der Waals surface area contributed by atoms with Gasteiger partial charge in [-0.25, -0.2) is 4.98 Å². The number of carbonyl (C=O) groups is 2. The summed E-state index contributed by atoms with van der Waals surface area (Å²) < 4.78 is 7.39. The molecule has 0 spiro atoms. The van der Waals surface area contributed by atoms with Gasteiger partial charge in [-0.15, -0.1) is 0 Å². The Balaban J connectivity index is 1.75. The van der Waals surface area contributed by atoms with E-state index in [9.17, 15) is 9.59 Å². The molecule has 2 aromatic heterocycles. The number of hydrogen-bond acceptors (Lipinski definition) is 4. The molecule has 0 radical (unpaired) electrons. The molecule has 1 N–H and O–H groups in total. The Kier molecular flexibility index (Phi) is 5.54. The van der Waals surface area contributed by atoms with Crippen LogP contribution in [-0.2, 0) is 17.6 Å². The molecule has 0 atom stereocenters. The van der Waals surface area contributed by atoms with E-state index in [0.29, 0.717) is 42.2 Å². The summed E-state index contributed by atoms with van der Waals surface area (Å²) >= 11 is 0. The summed E-state index contributed by atoms with van der Waals surface area (Å²) in [7, 11) is 0. The molecule has 0 saturated carbocycles. The fourth-order valence-electron chi connectivity index (χ4n) is 3.13. The number of imidazole rings is 1. The fourth-order valence-corrected chi connectivity index (χ4v) is 3.13. The second-order valence-electron chi connectivity index (χ2n) is 6.36. The van der Waals surface area contributed by atoms with Crippen LogP contribution in [-0.4, -0.2) is 32.9 Å². The molecule has 3 aromatic rings. The van der Waals surface area contributed by atoms with Gasteiger partial charge in [0.2, 0.25) is 0 Å². The van der Waals surface area contributed by atoms with Crippen molar-refractivity contribution in [3.05, 3.63) is 65.1 Å². The van der Waals surface area contributed by atoms with Crippen molar-refractivity contribution in [1.82, 2.24) is 9.38 Å². The zero-order chi connectivity index (χ0) is 19.4. The van der Waals surface area contributed by atoms with Crippen LogP contribution in [0.15, 0.2) is 42.6 Å². The van der Waals surface area contributed by atoms with Gasteiger partial charge in [0.1, 0.15) is 5.69 Å². The first kappa shape index (κ1) is 18.6. The van der Waals surface area contributed by atoms with Gasteiger partial charge in [0.15, 0.2) is 17.2 Å². The molecular weight excluding hydrogens is 344 g/mol. The highest BCUT2D eigenvalue weighted by atomic mass is 16.5. The third-order valence-corrected chi connectivity index (χ3v) is 4.37. The molecule has 0 aliphatic heterocycles. The van der Waals surface area contributed by atoms with Crippen LogP contribution in [0.25, 0.3) is 5.65 Å². The monoisotopic (exact) mass is 366 g/mol. The zero-order valence-electron chi connectivity index (χ0n) is 15.4. The summed E-state index contributed by atoms with van der Waals surface area (Å²) in [6.07, 6.45) is 2.77. The first-order chi connectivity index (χ1) is 13.0. The summed E-state index contributed by atoms with van der Waals surface area (Å²) in [5.41, 5.74) is 3.66. The van der Waals surface area contributed by atoms with Crippen molar-refractivity contribution in [1.29, 1.82) is 0 Å². The number of hydrogen-bond donors (Lipinski definition) is 1. The van der Waals surface area contributed by atoms with Crippen LogP contribution in [0, 0.1) is 6.92 Å². The molecule has 6 nitrogen and oxygen atoms in total. The number of aryl methyl sites for hydroxylation is 2. The number of Topliss-reactive ketones (excluding diaryl/α,β-unsaturated/α-hetero) is 1. The third kappa shape index (κ3) is 4.16. The minimum Gasteiger partial charge on any atom is -0.490 e. The van der Waals surface area contributed by atoms with E-state index >= 15 is 0 Å². The van der Waals surface area contributed by atoms with E-state index in [4.69, 9.17) is 9.84 Å². The number of rotatable bonds is 8. The summed E-state index contributed by atoms with van der Waals surface area (Å²) in [4.78, 5) is 28.1. The molecule has 0 amide bonds. The van der Waals surface area contributed by atoms with Crippen molar-refractivity contribution in [2.45, 2.75) is 33.1 Å². The van der Waals surface area contributed by atoms with Crippen molar-refractivity contribution in [3.8, 4) is 5.75 Å². The standard InChI is InChI=1S/C21H22N2O4/c1-3-27-18-5-4-12-23-20(14(2)22-21(18)23)17(24)11-10-15-6-8-16(9-7-15)13-19(25)26/h4-9,12H,3,10-11,13H2,1-2H3,(H,25,26). The predicted molar refractivity (Wildman–Crippen MR) is 102 cm³/mol. The minimum atomic E-state index is -0.854. The smallest absolute Gasteiger partial charge is 0.307 e. The second kappa shape index (κ2) is 8.03. The number of carboxylic acid groups (broad SMARTS) is 1. The average molecular weight is 366 g/mol. The minimum absolute atomic E-state index is 0.00236. The SMILES string of the molecule is CCOc1cccn2c(C(=O)CCc3ccc(CC(=O)O)cc3)c(C)nc12. The number of aromatic nitrogens is 2. The molecule has 0 aliphatic rings. The molecule has 0 bridgehead atoms. The quantitative estimate of drug-likeness (QED) is 0.617. The van der Waals surface area contributed by atoms with Crippen molar-refractivity contribution in [2.24, 2.45) is 0 Å². The maximum absolute atomic E-state index is 12.8. The molecule has 3 rings (SSSR count). The fraction of sp³-hybridized carbons (Fsp3) is 0.286. The number of ether oxygens (including phenoxy) is 1. The Labute approximate surface area is 157 Å². The molecule has 1 aromatic carbocycles. The Morgan fingerprint density at radius 1 is 1.15 bits per heavy atom. The van der Waals surface area contributed by atoms with E-state index in [1.54, 1.807) is 16.5 Å². The Morgan fingerprint density at radius 2 is 1.85 bits per heavy atom. The number of ketones is 1. The maximum atomic E-state index is 12.8. The van der Waals surface area contributed by atoms with Gasteiger partial charge in [-0.2, -0.15) is 0 Å². The van der Waals surface area contributed by atoms with Gasteiger partial charge < -0.3 is 9.84 Å². The number of carboxylic acids is 1. The van der Waals surface area contributed by atoms with Crippen molar-refractivity contribution >= 4 is 17.4 Å². The average Bonchev–Trinajstić information content (AvgIpc) is 2.98. The lowest BCUT2D eigenvalue weighted by molar-refractivity contribution is -0.136. The van der Waals surface area contributed by atoms with Crippen LogP contribution in [0.1, 0.15) is 40.7 Å². The molecule has 2 heterocycles. The molecule has 27 heavy (non-hydrogen) atoms. The van der Waals surface area contributed by atoms with E-state index in [-0.39, 0.29) is 12.2 Å². The Morgan fingerprint density at radius 3 is 2.52 bits per heavy atom. The number of nitrogens with zero attached hydrogens (tertiary/aromatic N) is 2. The number of aliphatic carboxylic acids is 1. The predicted octanol–water partition coefficient (Wildman–Crippen LogP) is 3.48. The molecule has 140 valence electrons. The summed E-state index contributed by atoms with van der Waals surface area (Å²) in [6, 6.07) is 11.0. The van der Waals surface area contributed by atoms with Gasteiger partial charge in [-0.3, -0.25) is 14.0 Å². The molecule has 0 saturated heterocycles. The highest BCUT2D eigenvalue weighted by Crippen LogP contribution is 2.23. The summed E-state index contributed by atoms with van der Waals surface area (Å²) in [6.45, 7) is 4.27. The van der Waals surface area contributed by atoms with E-state index in [0.717, 1.165) is 11.1 Å². The van der Waals surface area contributed by atoms with E-state index in [1.165, 1.54) is 0 Å². The Bertz CT molecular complexity index is 974. The van der Waals surface area contributed by atoms with Crippen LogP contribution in [0.3, 0.4) is 0 Å². The normalized spacial score (nSPS) is 10.9. The van der Waals surface area contributed by atoms with Gasteiger partial charge >= 0.3 is 5.97 Å². The van der Waals surface area contributed by atoms with Gasteiger partial charge in [0.25, 0.3) is 0 Å². The number of benzene rings is 1. The zero-order valence-corrected chi connectivity index (χ0v) is 15.4. The lowest BCUT2D eigenvalue weighted by Crippen LogP contribution is -2.07. The highest BCUT2D eigenvalue weighted by Gasteiger charge is 2.18. The van der Waals surface area contributed by atoms with Gasteiger partial charge in [0.05, 0.1) is 18.7 Å². The van der Waals surface area contributed by atoms with Gasteiger partial charge in [-0.05, 0) is 43.5 Å². The first-order valence-electron chi connectivity index (χ1n) is 8.93. The van der Waals surface area contributed by atoms with Crippen LogP contribution in [0.2, 0.25) is 0 Å². The van der Waals surface area contributed by atoms with Crippen LogP contribution >= 0.6 is 0 Å². The molecular formula is C21H22N2O4. The number of pyridine rings is 1. The second-order valence-corrected chi connectivity index (χ2v) is 6.36. The topological polar surface area (TPSA) is 80.9 Å². The van der Waals surface area contributed by atoms with E-state index in [1.807, 2.05) is 44.3 Å². The van der Waals surface area contributed by atoms with E-state index in [2.05, 4.69) is 4.98 Å². The highest BCUT2D eigenvalue weighted by molar-refractivity contribution is 5.96. The number of carbonyl (C=O) groups excluding carboxylic acids is 1. The van der Waals surface area contributed by atoms with Crippen LogP contribution < -0.4 is 4.74 Å². The summed E-state index contributed by atoms with van der Waals surface area (Å²) in [5.74, 6) is -0.174. The first-order valence-corrected chi connectivity index (χ1v) is 8.93. The summed E-state index contributed by atoms with van der Waals surface area (Å²) in [5, 5.41) is 8.82. The largest absolute Gasteiger partial charge is 0.490 e. The van der Waals surface area contributed by atoms with Crippen LogP contribution in [0.4, 0.5) is 0 Å². The van der Waals surface area contributed by atoms with Gasteiger partial charge in [0, 0.05) is 12.6 Å². The molecule has 0 fully saturated rings. The molecule has 0 unspecified atom stereocenters. The van der Waals surface area contributed by atoms with Crippen LogP contribution in [0.5, 0.6) is 5.75 Å². The number of fused-ring (bicyclic) bond motifs is 1.